The lowest BCUT2D eigenvalue weighted by Gasteiger charge is -2.34. The van der Waals surface area contributed by atoms with E-state index in [2.05, 4.69) is 0 Å². The number of aliphatic hydroxyl groups excluding tert-OH is 1. The maximum absolute atomic E-state index is 11.3. The molecule has 2 N–H and O–H groups in total. The zero-order valence-electron chi connectivity index (χ0n) is 7.82. The summed E-state index contributed by atoms with van der Waals surface area (Å²) >= 11 is 0. The summed E-state index contributed by atoms with van der Waals surface area (Å²) in [5, 5.41) is 19.3. The zero-order chi connectivity index (χ0) is 9.90. The Balaban J connectivity index is 2.65. The molecule has 0 heterocycles. The van der Waals surface area contributed by atoms with E-state index in [1.807, 2.05) is 0 Å². The molecular formula is C9H16O4. The molecule has 1 aliphatic carbocycles. The fraction of sp³-hybridized carbons (Fsp3) is 0.889. The van der Waals surface area contributed by atoms with Crippen molar-refractivity contribution in [3.8, 4) is 0 Å². The van der Waals surface area contributed by atoms with Crippen LogP contribution in [-0.2, 0) is 9.53 Å². The monoisotopic (exact) mass is 188 g/mol. The van der Waals surface area contributed by atoms with E-state index in [-0.39, 0.29) is 6.61 Å². The van der Waals surface area contributed by atoms with Crippen molar-refractivity contribution in [2.45, 2.75) is 44.3 Å². The van der Waals surface area contributed by atoms with E-state index in [1.54, 1.807) is 6.92 Å². The van der Waals surface area contributed by atoms with Crippen LogP contribution in [0.5, 0.6) is 0 Å². The number of esters is 1. The van der Waals surface area contributed by atoms with Crippen molar-refractivity contribution in [1.29, 1.82) is 0 Å². The molecule has 0 aliphatic heterocycles. The molecule has 0 aromatic rings. The third-order valence-corrected chi connectivity index (χ3v) is 2.47. The lowest BCUT2D eigenvalue weighted by atomic mass is 9.82. The molecule has 0 spiro atoms. The van der Waals surface area contributed by atoms with E-state index < -0.39 is 17.7 Å². The largest absolute Gasteiger partial charge is 0.464 e. The number of aliphatic hydroxyl groups is 2. The van der Waals surface area contributed by atoms with Crippen LogP contribution in [0.1, 0.15) is 32.6 Å². The van der Waals surface area contributed by atoms with Crippen LogP contribution in [-0.4, -0.2) is 34.5 Å². The number of hydrogen-bond acceptors (Lipinski definition) is 4. The summed E-state index contributed by atoms with van der Waals surface area (Å²) in [6, 6.07) is 0. The molecule has 0 bridgehead atoms. The van der Waals surface area contributed by atoms with Crippen LogP contribution in [0.3, 0.4) is 0 Å². The van der Waals surface area contributed by atoms with Crippen molar-refractivity contribution in [3.63, 3.8) is 0 Å². The van der Waals surface area contributed by atoms with Gasteiger partial charge in [0.1, 0.15) is 0 Å². The first kappa shape index (κ1) is 10.5. The zero-order valence-corrected chi connectivity index (χ0v) is 7.82. The van der Waals surface area contributed by atoms with Crippen LogP contribution in [0.15, 0.2) is 0 Å². The van der Waals surface area contributed by atoms with E-state index in [4.69, 9.17) is 4.74 Å². The molecule has 2 atom stereocenters. The van der Waals surface area contributed by atoms with Gasteiger partial charge in [0, 0.05) is 0 Å². The third kappa shape index (κ3) is 2.00. The van der Waals surface area contributed by atoms with Gasteiger partial charge in [-0.05, 0) is 26.2 Å². The van der Waals surface area contributed by atoms with Crippen molar-refractivity contribution in [2.75, 3.05) is 6.61 Å². The Morgan fingerprint density at radius 3 is 2.85 bits per heavy atom. The number of ether oxygens (including phenoxy) is 1. The van der Waals surface area contributed by atoms with Gasteiger partial charge in [-0.15, -0.1) is 0 Å². The summed E-state index contributed by atoms with van der Waals surface area (Å²) in [7, 11) is 0. The summed E-state index contributed by atoms with van der Waals surface area (Å²) in [6.07, 6.45) is 1.40. The second kappa shape index (κ2) is 4.07. The van der Waals surface area contributed by atoms with E-state index in [1.165, 1.54) is 0 Å². The maximum Gasteiger partial charge on any atom is 0.340 e. The standard InChI is InChI=1S/C9H16O4/c1-2-13-8(11)9(12)6-4-3-5-7(9)10/h7,10,12H,2-6H2,1H3/t7-,9-/m1/s1. The van der Waals surface area contributed by atoms with Crippen molar-refractivity contribution in [3.05, 3.63) is 0 Å². The molecule has 0 radical (unpaired) electrons. The van der Waals surface area contributed by atoms with Crippen LogP contribution in [0.2, 0.25) is 0 Å². The van der Waals surface area contributed by atoms with E-state index in [0.717, 1.165) is 12.8 Å². The Morgan fingerprint density at radius 1 is 1.62 bits per heavy atom. The molecule has 0 aromatic heterocycles. The average molecular weight is 188 g/mol. The molecule has 76 valence electrons. The number of hydrogen-bond donors (Lipinski definition) is 2. The highest BCUT2D eigenvalue weighted by atomic mass is 16.6. The van der Waals surface area contributed by atoms with Gasteiger partial charge in [0.2, 0.25) is 0 Å². The lowest BCUT2D eigenvalue weighted by molar-refractivity contribution is -0.183. The maximum atomic E-state index is 11.3. The summed E-state index contributed by atoms with van der Waals surface area (Å²) < 4.78 is 4.71. The minimum Gasteiger partial charge on any atom is -0.464 e. The third-order valence-electron chi connectivity index (χ3n) is 2.47. The first-order valence-electron chi connectivity index (χ1n) is 4.69. The van der Waals surface area contributed by atoms with Gasteiger partial charge < -0.3 is 14.9 Å². The van der Waals surface area contributed by atoms with E-state index in [0.29, 0.717) is 12.8 Å². The van der Waals surface area contributed by atoms with Gasteiger partial charge in [-0.2, -0.15) is 0 Å². The number of carbonyl (C=O) groups is 1. The van der Waals surface area contributed by atoms with Crippen molar-refractivity contribution in [1.82, 2.24) is 0 Å². The molecular weight excluding hydrogens is 172 g/mol. The van der Waals surface area contributed by atoms with Crippen LogP contribution in [0.4, 0.5) is 0 Å². The predicted molar refractivity (Wildman–Crippen MR) is 46.1 cm³/mol. The van der Waals surface area contributed by atoms with Crippen molar-refractivity contribution in [2.24, 2.45) is 0 Å². The highest BCUT2D eigenvalue weighted by Gasteiger charge is 2.45. The molecule has 0 amide bonds. The average Bonchev–Trinajstić information content (AvgIpc) is 2.11. The Kier molecular flexibility index (Phi) is 3.27. The van der Waals surface area contributed by atoms with Gasteiger partial charge in [-0.1, -0.05) is 6.42 Å². The Labute approximate surface area is 77.5 Å². The van der Waals surface area contributed by atoms with Crippen LogP contribution in [0.25, 0.3) is 0 Å². The lowest BCUT2D eigenvalue weighted by Crippen LogP contribution is -2.52. The van der Waals surface area contributed by atoms with Gasteiger partial charge in [0.15, 0.2) is 5.60 Å². The van der Waals surface area contributed by atoms with Gasteiger partial charge >= 0.3 is 5.97 Å². The van der Waals surface area contributed by atoms with Gasteiger partial charge in [-0.25, -0.2) is 4.79 Å². The van der Waals surface area contributed by atoms with Crippen molar-refractivity contribution < 1.29 is 19.7 Å². The second-order valence-electron chi connectivity index (χ2n) is 3.41. The number of rotatable bonds is 2. The second-order valence-corrected chi connectivity index (χ2v) is 3.41. The normalized spacial score (nSPS) is 34.2. The van der Waals surface area contributed by atoms with Gasteiger partial charge in [0.05, 0.1) is 12.7 Å². The highest BCUT2D eigenvalue weighted by Crippen LogP contribution is 2.29. The molecule has 0 aromatic carbocycles. The predicted octanol–water partition coefficient (Wildman–Crippen LogP) is 0.215. The number of carbonyl (C=O) groups excluding carboxylic acids is 1. The quantitative estimate of drug-likeness (QED) is 0.608. The minimum atomic E-state index is -1.66. The van der Waals surface area contributed by atoms with Crippen molar-refractivity contribution >= 4 is 5.97 Å². The van der Waals surface area contributed by atoms with Crippen LogP contribution < -0.4 is 0 Å². The topological polar surface area (TPSA) is 66.8 Å². The molecule has 1 aliphatic rings. The fourth-order valence-electron chi connectivity index (χ4n) is 1.63. The molecule has 4 nitrogen and oxygen atoms in total. The first-order valence-corrected chi connectivity index (χ1v) is 4.69. The summed E-state index contributed by atoms with van der Waals surface area (Å²) in [5.74, 6) is -0.692. The smallest absolute Gasteiger partial charge is 0.340 e. The molecule has 1 fully saturated rings. The SMILES string of the molecule is CCOC(=O)[C@@]1(O)CCCC[C@H]1O. The Morgan fingerprint density at radius 2 is 2.31 bits per heavy atom. The van der Waals surface area contributed by atoms with Gasteiger partial charge in [0.25, 0.3) is 0 Å². The molecule has 1 saturated carbocycles. The highest BCUT2D eigenvalue weighted by molar-refractivity contribution is 5.80. The minimum absolute atomic E-state index is 0.230. The molecule has 4 heteroatoms. The summed E-state index contributed by atoms with van der Waals surface area (Å²) in [6.45, 7) is 1.91. The Hall–Kier alpha value is -0.610. The van der Waals surface area contributed by atoms with Gasteiger partial charge in [-0.3, -0.25) is 0 Å². The molecule has 0 saturated heterocycles. The summed E-state index contributed by atoms with van der Waals surface area (Å²) in [4.78, 5) is 11.3. The molecule has 1 rings (SSSR count). The van der Waals surface area contributed by atoms with Crippen LogP contribution >= 0.6 is 0 Å². The van der Waals surface area contributed by atoms with E-state index >= 15 is 0 Å². The molecule has 13 heavy (non-hydrogen) atoms. The fourth-order valence-corrected chi connectivity index (χ4v) is 1.63. The summed E-state index contributed by atoms with van der Waals surface area (Å²) in [5.41, 5.74) is -1.66. The van der Waals surface area contributed by atoms with Crippen LogP contribution in [0, 0.1) is 0 Å². The first-order chi connectivity index (χ1) is 6.11. The van der Waals surface area contributed by atoms with E-state index in [9.17, 15) is 15.0 Å². The Bertz CT molecular complexity index is 192. The molecule has 0 unspecified atom stereocenters.